The predicted molar refractivity (Wildman–Crippen MR) is 74.5 cm³/mol. The van der Waals surface area contributed by atoms with Gasteiger partial charge in [0.25, 0.3) is 0 Å². The van der Waals surface area contributed by atoms with Crippen molar-refractivity contribution in [3.8, 4) is 0 Å². The van der Waals surface area contributed by atoms with Crippen LogP contribution in [0.15, 0.2) is 22.3 Å². The molecule has 1 aliphatic rings. The molecule has 0 spiro atoms. The van der Waals surface area contributed by atoms with Gasteiger partial charge in [-0.15, -0.1) is 0 Å². The summed E-state index contributed by atoms with van der Waals surface area (Å²) in [4.78, 5) is 24.1. The van der Waals surface area contributed by atoms with Crippen molar-refractivity contribution in [2.75, 3.05) is 0 Å². The fourth-order valence-corrected chi connectivity index (χ4v) is 2.36. The third-order valence-electron chi connectivity index (χ3n) is 3.84. The number of Topliss-reactive ketones (excluding diaryl/α,β-unsaturated/α-hetero) is 2. The molecule has 0 aromatic carbocycles. The van der Waals surface area contributed by atoms with Crippen molar-refractivity contribution < 1.29 is 9.59 Å². The zero-order chi connectivity index (χ0) is 13.7. The van der Waals surface area contributed by atoms with E-state index in [-0.39, 0.29) is 11.6 Å². The first kappa shape index (κ1) is 14.9. The number of hydrogen-bond donors (Lipinski definition) is 0. The van der Waals surface area contributed by atoms with Crippen LogP contribution in [0.4, 0.5) is 0 Å². The normalized spacial score (nSPS) is 16.9. The van der Waals surface area contributed by atoms with Crippen molar-refractivity contribution in [3.05, 3.63) is 22.3 Å². The molecule has 0 amide bonds. The van der Waals surface area contributed by atoms with Gasteiger partial charge < -0.3 is 0 Å². The first-order chi connectivity index (χ1) is 8.50. The number of carbonyl (C=O) groups excluding carboxylic acids is 2. The third-order valence-corrected chi connectivity index (χ3v) is 3.84. The van der Waals surface area contributed by atoms with Crippen molar-refractivity contribution in [2.45, 2.75) is 66.2 Å². The highest BCUT2D eigenvalue weighted by Crippen LogP contribution is 2.27. The van der Waals surface area contributed by atoms with E-state index in [2.05, 4.69) is 6.92 Å². The van der Waals surface area contributed by atoms with E-state index in [1.165, 1.54) is 19.3 Å². The zero-order valence-electron chi connectivity index (χ0n) is 12.1. The lowest BCUT2D eigenvalue weighted by Gasteiger charge is -2.18. The molecule has 2 nitrogen and oxygen atoms in total. The van der Waals surface area contributed by atoms with Gasteiger partial charge in [0.05, 0.1) is 0 Å². The van der Waals surface area contributed by atoms with Crippen LogP contribution in [0.25, 0.3) is 0 Å². The molecule has 0 unspecified atom stereocenters. The maximum absolute atomic E-state index is 12.1. The Bertz CT molecular complexity index is 411. The largest absolute Gasteiger partial charge is 0.289 e. The van der Waals surface area contributed by atoms with Crippen molar-refractivity contribution in [1.82, 2.24) is 0 Å². The number of unbranched alkanes of at least 4 members (excludes halogenated alkanes) is 4. The number of ketones is 2. The summed E-state index contributed by atoms with van der Waals surface area (Å²) in [5.41, 5.74) is 2.67. The molecule has 0 aliphatic heterocycles. The Hall–Kier alpha value is -1.18. The summed E-state index contributed by atoms with van der Waals surface area (Å²) in [6.07, 6.45) is 6.61. The van der Waals surface area contributed by atoms with Gasteiger partial charge in [-0.3, -0.25) is 9.59 Å². The van der Waals surface area contributed by atoms with Crippen LogP contribution in [-0.2, 0) is 9.59 Å². The van der Waals surface area contributed by atoms with Gasteiger partial charge in [-0.1, -0.05) is 32.6 Å². The third kappa shape index (κ3) is 3.18. The summed E-state index contributed by atoms with van der Waals surface area (Å²) in [7, 11) is 0. The van der Waals surface area contributed by atoms with E-state index in [0.717, 1.165) is 24.8 Å². The lowest BCUT2D eigenvalue weighted by atomic mass is 9.84. The quantitative estimate of drug-likeness (QED) is 0.522. The molecule has 18 heavy (non-hydrogen) atoms. The van der Waals surface area contributed by atoms with Crippen LogP contribution in [0.2, 0.25) is 0 Å². The molecule has 0 saturated heterocycles. The van der Waals surface area contributed by atoms with Crippen LogP contribution < -0.4 is 0 Å². The summed E-state index contributed by atoms with van der Waals surface area (Å²) < 4.78 is 0. The molecule has 1 aliphatic carbocycles. The van der Waals surface area contributed by atoms with Crippen LogP contribution in [0.1, 0.15) is 66.2 Å². The number of allylic oxidation sites excluding steroid dienone is 4. The van der Waals surface area contributed by atoms with Crippen LogP contribution in [0.5, 0.6) is 0 Å². The molecule has 2 heteroatoms. The van der Waals surface area contributed by atoms with Crippen LogP contribution in [-0.4, -0.2) is 11.6 Å². The predicted octanol–water partition coefficient (Wildman–Crippen LogP) is 4.15. The Morgan fingerprint density at radius 1 is 0.722 bits per heavy atom. The Morgan fingerprint density at radius 3 is 1.89 bits per heavy atom. The molecule has 0 aromatic rings. The molecule has 0 N–H and O–H groups in total. The fourth-order valence-electron chi connectivity index (χ4n) is 2.36. The monoisotopic (exact) mass is 248 g/mol. The highest BCUT2D eigenvalue weighted by Gasteiger charge is 2.26. The standard InChI is InChI=1S/C16H24O2/c1-5-6-7-8-9-10-14-13(4)15(17)11(2)12(3)16(14)18/h5-10H2,1-4H3. The van der Waals surface area contributed by atoms with Gasteiger partial charge in [0.1, 0.15) is 0 Å². The maximum Gasteiger partial charge on any atom is 0.185 e. The molecule has 0 radical (unpaired) electrons. The first-order valence-corrected chi connectivity index (χ1v) is 6.97. The summed E-state index contributed by atoms with van der Waals surface area (Å²) in [6.45, 7) is 7.49. The van der Waals surface area contributed by atoms with Gasteiger partial charge in [0.15, 0.2) is 11.6 Å². The molecule has 0 atom stereocenters. The Kier molecular flexibility index (Phi) is 5.52. The van der Waals surface area contributed by atoms with Crippen molar-refractivity contribution in [1.29, 1.82) is 0 Å². The van der Waals surface area contributed by atoms with Gasteiger partial charge in [-0.2, -0.15) is 0 Å². The molecule has 0 saturated carbocycles. The lowest BCUT2D eigenvalue weighted by molar-refractivity contribution is -0.116. The van der Waals surface area contributed by atoms with E-state index in [1.54, 1.807) is 20.8 Å². The fraction of sp³-hybridized carbons (Fsp3) is 0.625. The van der Waals surface area contributed by atoms with Crippen molar-refractivity contribution in [3.63, 3.8) is 0 Å². The van der Waals surface area contributed by atoms with E-state index in [1.807, 2.05) is 0 Å². The van der Waals surface area contributed by atoms with Crippen LogP contribution >= 0.6 is 0 Å². The summed E-state index contributed by atoms with van der Waals surface area (Å²) in [5.74, 6) is 0.135. The molecule has 0 fully saturated rings. The molecule has 0 bridgehead atoms. The topological polar surface area (TPSA) is 34.1 Å². The van der Waals surface area contributed by atoms with Gasteiger partial charge in [0, 0.05) is 22.3 Å². The van der Waals surface area contributed by atoms with Crippen molar-refractivity contribution >= 4 is 11.6 Å². The van der Waals surface area contributed by atoms with E-state index in [9.17, 15) is 9.59 Å². The SMILES string of the molecule is CCCCCCCC1=C(C)C(=O)C(C)=C(C)C1=O. The summed E-state index contributed by atoms with van der Waals surface area (Å²) in [5, 5.41) is 0. The second-order valence-electron chi connectivity index (χ2n) is 5.18. The highest BCUT2D eigenvalue weighted by atomic mass is 16.1. The minimum absolute atomic E-state index is 0.0515. The van der Waals surface area contributed by atoms with E-state index in [4.69, 9.17) is 0 Å². The second-order valence-corrected chi connectivity index (χ2v) is 5.18. The summed E-state index contributed by atoms with van der Waals surface area (Å²) >= 11 is 0. The summed E-state index contributed by atoms with van der Waals surface area (Å²) in [6, 6.07) is 0. The zero-order valence-corrected chi connectivity index (χ0v) is 12.1. The Morgan fingerprint density at radius 2 is 1.28 bits per heavy atom. The number of carbonyl (C=O) groups is 2. The lowest BCUT2D eigenvalue weighted by Crippen LogP contribution is -2.20. The van der Waals surface area contributed by atoms with Crippen LogP contribution in [0.3, 0.4) is 0 Å². The average molecular weight is 248 g/mol. The Balaban J connectivity index is 2.65. The van der Waals surface area contributed by atoms with Gasteiger partial charge in [-0.25, -0.2) is 0 Å². The Labute approximate surface area is 110 Å². The molecule has 100 valence electrons. The van der Waals surface area contributed by atoms with E-state index in [0.29, 0.717) is 16.7 Å². The average Bonchev–Trinajstić information content (AvgIpc) is 2.37. The molecule has 0 aromatic heterocycles. The van der Waals surface area contributed by atoms with Crippen molar-refractivity contribution in [2.24, 2.45) is 0 Å². The van der Waals surface area contributed by atoms with E-state index >= 15 is 0 Å². The highest BCUT2D eigenvalue weighted by molar-refractivity contribution is 6.24. The van der Waals surface area contributed by atoms with Gasteiger partial charge >= 0.3 is 0 Å². The first-order valence-electron chi connectivity index (χ1n) is 6.97. The number of rotatable bonds is 6. The molecular weight excluding hydrogens is 224 g/mol. The number of hydrogen-bond acceptors (Lipinski definition) is 2. The van der Waals surface area contributed by atoms with Gasteiger partial charge in [0.2, 0.25) is 0 Å². The second kappa shape index (κ2) is 6.67. The minimum atomic E-state index is 0.0515. The maximum atomic E-state index is 12.1. The smallest absolute Gasteiger partial charge is 0.185 e. The minimum Gasteiger partial charge on any atom is -0.289 e. The molecule has 0 heterocycles. The van der Waals surface area contributed by atoms with Crippen LogP contribution in [0, 0.1) is 0 Å². The van der Waals surface area contributed by atoms with Gasteiger partial charge in [-0.05, 0) is 33.6 Å². The molecule has 1 rings (SSSR count). The molecular formula is C16H24O2. The van der Waals surface area contributed by atoms with E-state index < -0.39 is 0 Å².